The van der Waals surface area contributed by atoms with Gasteiger partial charge >= 0.3 is 6.09 Å². The number of aryl methyl sites for hydroxylation is 2. The quantitative estimate of drug-likeness (QED) is 0.481. The van der Waals surface area contributed by atoms with Crippen molar-refractivity contribution in [3.05, 3.63) is 94.5 Å². The van der Waals surface area contributed by atoms with E-state index in [2.05, 4.69) is 80.6 Å². The Hall–Kier alpha value is -3.11. The average Bonchev–Trinajstić information content (AvgIpc) is 3.15. The number of carbonyl (C=O) groups is 1. The van der Waals surface area contributed by atoms with Gasteiger partial charge in [-0.3, -0.25) is 0 Å². The summed E-state index contributed by atoms with van der Waals surface area (Å²) in [5.74, 6) is 0.0585. The van der Waals surface area contributed by atoms with Crippen molar-refractivity contribution in [2.45, 2.75) is 69.6 Å². The molecule has 4 nitrogen and oxygen atoms in total. The molecule has 2 unspecified atom stereocenters. The van der Waals surface area contributed by atoms with Gasteiger partial charge in [0, 0.05) is 30.8 Å². The lowest BCUT2D eigenvalue weighted by atomic mass is 9.72. The Balaban J connectivity index is 1.21. The number of carbonyl (C=O) groups excluding carboxylic acids is 1. The van der Waals surface area contributed by atoms with Gasteiger partial charge in [-0.05, 0) is 60.9 Å². The highest BCUT2D eigenvalue weighted by Gasteiger charge is 2.49. The molecule has 4 heteroatoms. The molecule has 0 saturated carbocycles. The van der Waals surface area contributed by atoms with Gasteiger partial charge < -0.3 is 14.7 Å². The zero-order chi connectivity index (χ0) is 24.2. The summed E-state index contributed by atoms with van der Waals surface area (Å²) in [5, 5.41) is 11.7. The second kappa shape index (κ2) is 8.53. The molecule has 2 bridgehead atoms. The van der Waals surface area contributed by atoms with Gasteiger partial charge in [0.1, 0.15) is 6.61 Å². The second-order valence-electron chi connectivity index (χ2n) is 10.8. The van der Waals surface area contributed by atoms with Crippen LogP contribution in [-0.2, 0) is 10.3 Å². The van der Waals surface area contributed by atoms with Crippen LogP contribution in [0, 0.1) is 13.8 Å². The second-order valence-corrected chi connectivity index (χ2v) is 10.8. The zero-order valence-electron chi connectivity index (χ0n) is 20.5. The third-order valence-corrected chi connectivity index (χ3v) is 8.31. The number of aliphatic hydroxyl groups is 1. The lowest BCUT2D eigenvalue weighted by molar-refractivity contribution is -0.0891. The van der Waals surface area contributed by atoms with E-state index in [1.54, 1.807) is 0 Å². The van der Waals surface area contributed by atoms with Crippen LogP contribution in [0.2, 0.25) is 0 Å². The van der Waals surface area contributed by atoms with Gasteiger partial charge in [0.15, 0.2) is 0 Å². The number of ether oxygens (including phenoxy) is 1. The Labute approximate surface area is 207 Å². The van der Waals surface area contributed by atoms with Gasteiger partial charge in [-0.15, -0.1) is 0 Å². The van der Waals surface area contributed by atoms with E-state index < -0.39 is 5.60 Å². The van der Waals surface area contributed by atoms with E-state index in [0.717, 1.165) is 36.0 Å². The van der Waals surface area contributed by atoms with Crippen molar-refractivity contribution >= 4 is 6.09 Å². The van der Waals surface area contributed by atoms with Crippen LogP contribution < -0.4 is 0 Å². The van der Waals surface area contributed by atoms with Crippen LogP contribution in [0.15, 0.2) is 66.7 Å². The van der Waals surface area contributed by atoms with Gasteiger partial charge in [0.2, 0.25) is 0 Å². The highest BCUT2D eigenvalue weighted by molar-refractivity contribution is 5.79. The van der Waals surface area contributed by atoms with Crippen LogP contribution in [0.3, 0.4) is 0 Å². The van der Waals surface area contributed by atoms with Gasteiger partial charge in [0.05, 0.1) is 5.60 Å². The number of nitrogens with zero attached hydrogens (tertiary/aromatic N) is 1. The van der Waals surface area contributed by atoms with Crippen LogP contribution in [0.5, 0.6) is 0 Å². The molecule has 3 aliphatic rings. The van der Waals surface area contributed by atoms with Crippen LogP contribution in [0.1, 0.15) is 65.8 Å². The molecule has 1 N–H and O–H groups in total. The summed E-state index contributed by atoms with van der Waals surface area (Å²) in [6.07, 6.45) is 3.81. The molecule has 2 aliphatic heterocycles. The number of hydrogen-bond donors (Lipinski definition) is 1. The van der Waals surface area contributed by atoms with Gasteiger partial charge in [0.25, 0.3) is 0 Å². The summed E-state index contributed by atoms with van der Waals surface area (Å²) in [6.45, 7) is 4.49. The fourth-order valence-corrected chi connectivity index (χ4v) is 6.87. The minimum atomic E-state index is -0.896. The number of benzene rings is 3. The van der Waals surface area contributed by atoms with E-state index in [0.29, 0.717) is 19.4 Å². The van der Waals surface area contributed by atoms with Crippen molar-refractivity contribution in [1.29, 1.82) is 0 Å². The molecule has 1 aliphatic carbocycles. The van der Waals surface area contributed by atoms with E-state index in [9.17, 15) is 9.90 Å². The summed E-state index contributed by atoms with van der Waals surface area (Å²) in [6, 6.07) is 23.2. The van der Waals surface area contributed by atoms with Crippen LogP contribution in [-0.4, -0.2) is 34.8 Å². The topological polar surface area (TPSA) is 49.8 Å². The number of fused-ring (bicyclic) bond motifs is 5. The van der Waals surface area contributed by atoms with Crippen LogP contribution >= 0.6 is 0 Å². The van der Waals surface area contributed by atoms with E-state index in [4.69, 9.17) is 4.74 Å². The lowest BCUT2D eigenvalue weighted by Gasteiger charge is -2.51. The number of hydrogen-bond acceptors (Lipinski definition) is 3. The summed E-state index contributed by atoms with van der Waals surface area (Å²) in [7, 11) is 0. The van der Waals surface area contributed by atoms with E-state index >= 15 is 0 Å². The molecule has 0 radical (unpaired) electrons. The van der Waals surface area contributed by atoms with Crippen molar-refractivity contribution in [3.8, 4) is 11.1 Å². The summed E-state index contributed by atoms with van der Waals surface area (Å²) >= 11 is 0. The largest absolute Gasteiger partial charge is 0.448 e. The molecule has 3 aromatic rings. The molecule has 0 aromatic heterocycles. The minimum absolute atomic E-state index is 0.00367. The van der Waals surface area contributed by atoms with Crippen molar-refractivity contribution in [3.63, 3.8) is 0 Å². The fourth-order valence-electron chi connectivity index (χ4n) is 6.87. The molecule has 2 fully saturated rings. The normalized spacial score (nSPS) is 25.2. The zero-order valence-corrected chi connectivity index (χ0v) is 20.5. The maximum atomic E-state index is 13.5. The predicted molar refractivity (Wildman–Crippen MR) is 137 cm³/mol. The number of piperidine rings is 2. The molecule has 0 spiro atoms. The van der Waals surface area contributed by atoms with Crippen LogP contribution in [0.4, 0.5) is 4.79 Å². The molecule has 6 rings (SSSR count). The monoisotopic (exact) mass is 467 g/mol. The molecule has 2 saturated heterocycles. The van der Waals surface area contributed by atoms with E-state index in [1.807, 2.05) is 4.90 Å². The molecule has 2 atom stereocenters. The van der Waals surface area contributed by atoms with Gasteiger partial charge in [-0.2, -0.15) is 0 Å². The Bertz CT molecular complexity index is 1200. The van der Waals surface area contributed by atoms with E-state index in [-0.39, 0.29) is 24.1 Å². The van der Waals surface area contributed by atoms with Crippen molar-refractivity contribution in [2.24, 2.45) is 0 Å². The van der Waals surface area contributed by atoms with Crippen molar-refractivity contribution < 1.29 is 14.6 Å². The highest BCUT2D eigenvalue weighted by atomic mass is 16.6. The smallest absolute Gasteiger partial charge is 0.410 e. The first-order valence-electron chi connectivity index (χ1n) is 12.9. The Morgan fingerprint density at radius 3 is 2.03 bits per heavy atom. The van der Waals surface area contributed by atoms with Crippen molar-refractivity contribution in [1.82, 2.24) is 4.90 Å². The highest BCUT2D eigenvalue weighted by Crippen LogP contribution is 2.46. The SMILES string of the molecule is Cc1cc(C)cc(C2(O)CC3CCCC(C2)N3C(=O)OCC2c3ccccc3-c3ccccc32)c1. The first-order chi connectivity index (χ1) is 16.9. The van der Waals surface area contributed by atoms with Crippen LogP contribution in [0.25, 0.3) is 11.1 Å². The molecule has 35 heavy (non-hydrogen) atoms. The lowest BCUT2D eigenvalue weighted by Crippen LogP contribution is -2.59. The first-order valence-corrected chi connectivity index (χ1v) is 12.9. The summed E-state index contributed by atoms with van der Waals surface area (Å²) in [4.78, 5) is 15.4. The summed E-state index contributed by atoms with van der Waals surface area (Å²) in [5.41, 5.74) is 7.34. The molecule has 180 valence electrons. The van der Waals surface area contributed by atoms with Gasteiger partial charge in [-0.25, -0.2) is 4.79 Å². The molecule has 2 heterocycles. The third-order valence-electron chi connectivity index (χ3n) is 8.31. The van der Waals surface area contributed by atoms with E-state index in [1.165, 1.54) is 22.3 Å². The minimum Gasteiger partial charge on any atom is -0.448 e. The van der Waals surface area contributed by atoms with Crippen molar-refractivity contribution in [2.75, 3.05) is 6.61 Å². The standard InChI is InChI=1S/C31H33NO3/c1-20-14-21(2)16-22(15-20)31(34)17-23-8-7-9-24(18-31)32(23)30(33)35-19-29-27-12-5-3-10-25(27)26-11-4-6-13-28(26)29/h3-6,10-16,23-24,29,34H,7-9,17-19H2,1-2H3. The molecule has 1 amide bonds. The molecular weight excluding hydrogens is 434 g/mol. The van der Waals surface area contributed by atoms with Gasteiger partial charge in [-0.1, -0.05) is 77.9 Å². The Morgan fingerprint density at radius 1 is 0.914 bits per heavy atom. The molecule has 3 aromatic carbocycles. The molecular formula is C31H33NO3. The Kier molecular flexibility index (Phi) is 5.45. The maximum Gasteiger partial charge on any atom is 0.410 e. The predicted octanol–water partition coefficient (Wildman–Crippen LogP) is 6.46. The number of amides is 1. The Morgan fingerprint density at radius 2 is 1.46 bits per heavy atom. The summed E-state index contributed by atoms with van der Waals surface area (Å²) < 4.78 is 6.03. The fraction of sp³-hybridized carbons (Fsp3) is 0.387. The first kappa shape index (κ1) is 22.4. The number of rotatable bonds is 3. The third kappa shape index (κ3) is 3.84. The maximum absolute atomic E-state index is 13.5. The average molecular weight is 468 g/mol.